The van der Waals surface area contributed by atoms with Crippen LogP contribution in [0.5, 0.6) is 17.2 Å². The van der Waals surface area contributed by atoms with Gasteiger partial charge < -0.3 is 19.5 Å². The zero-order chi connectivity index (χ0) is 24.3. The fraction of sp³-hybridized carbons (Fsp3) is 0.185. The summed E-state index contributed by atoms with van der Waals surface area (Å²) in [5.41, 5.74) is 2.21. The molecule has 6 nitrogen and oxygen atoms in total. The Labute approximate surface area is 213 Å². The molecule has 0 aliphatic carbocycles. The van der Waals surface area contributed by atoms with Crippen LogP contribution < -0.4 is 19.5 Å². The molecule has 174 valence electrons. The minimum atomic E-state index is -0.506. The van der Waals surface area contributed by atoms with E-state index in [-0.39, 0.29) is 5.57 Å². The molecule has 3 rings (SSSR count). The Balaban J connectivity index is 1.76. The monoisotopic (exact) mass is 568 g/mol. The van der Waals surface area contributed by atoms with Gasteiger partial charge in [-0.15, -0.1) is 0 Å². The molecule has 0 fully saturated rings. The smallest absolute Gasteiger partial charge is 0.266 e. The molecule has 0 aliphatic rings. The highest BCUT2D eigenvalue weighted by Gasteiger charge is 2.12. The van der Waals surface area contributed by atoms with Crippen molar-refractivity contribution in [3.63, 3.8) is 0 Å². The molecule has 0 atom stereocenters. The molecule has 0 aromatic heterocycles. The lowest BCUT2D eigenvalue weighted by Gasteiger charge is -2.13. The minimum Gasteiger partial charge on any atom is -0.494 e. The molecule has 0 heterocycles. The number of nitrogens with zero attached hydrogens (tertiary/aromatic N) is 1. The van der Waals surface area contributed by atoms with Crippen molar-refractivity contribution >= 4 is 40.3 Å². The molecule has 1 N–H and O–H groups in total. The number of nitrogens with one attached hydrogen (secondary N) is 1. The van der Waals surface area contributed by atoms with E-state index in [1.165, 1.54) is 6.08 Å². The van der Waals surface area contributed by atoms with Crippen LogP contribution in [0, 0.1) is 14.9 Å². The van der Waals surface area contributed by atoms with E-state index in [2.05, 4.69) is 27.9 Å². The van der Waals surface area contributed by atoms with E-state index in [1.54, 1.807) is 42.5 Å². The SMILES string of the molecule is CCOc1cccc(NC(=O)/C(C#N)=C\c2ccc(OCc3ccc(I)cc3)c(OCC)c2)c1. The van der Waals surface area contributed by atoms with Crippen LogP contribution in [0.4, 0.5) is 5.69 Å². The van der Waals surface area contributed by atoms with E-state index in [0.29, 0.717) is 48.3 Å². The molecule has 0 spiro atoms. The van der Waals surface area contributed by atoms with Gasteiger partial charge in [-0.05, 0) is 90.0 Å². The third-order valence-electron chi connectivity index (χ3n) is 4.65. The van der Waals surface area contributed by atoms with E-state index in [1.807, 2.05) is 44.2 Å². The van der Waals surface area contributed by atoms with E-state index in [4.69, 9.17) is 14.2 Å². The summed E-state index contributed by atoms with van der Waals surface area (Å²) in [4.78, 5) is 12.7. The Morgan fingerprint density at radius 2 is 1.74 bits per heavy atom. The summed E-state index contributed by atoms with van der Waals surface area (Å²) in [6, 6.07) is 22.4. The fourth-order valence-electron chi connectivity index (χ4n) is 3.09. The first-order valence-corrected chi connectivity index (χ1v) is 11.9. The highest BCUT2D eigenvalue weighted by molar-refractivity contribution is 14.1. The standard InChI is InChI=1S/C27H25IN2O4/c1-3-32-24-7-5-6-23(16-24)30-27(31)21(17-29)14-20-10-13-25(26(15-20)33-4-2)34-18-19-8-11-22(28)12-9-19/h5-16H,3-4,18H2,1-2H3,(H,30,31)/b21-14-. The van der Waals surface area contributed by atoms with Gasteiger partial charge >= 0.3 is 0 Å². The summed E-state index contributed by atoms with van der Waals surface area (Å²) in [7, 11) is 0. The molecule has 0 unspecified atom stereocenters. The number of carbonyl (C=O) groups excluding carboxylic acids is 1. The van der Waals surface area contributed by atoms with Crippen molar-refractivity contribution in [1.82, 2.24) is 0 Å². The van der Waals surface area contributed by atoms with Crippen molar-refractivity contribution in [1.29, 1.82) is 5.26 Å². The van der Waals surface area contributed by atoms with Crippen LogP contribution >= 0.6 is 22.6 Å². The third-order valence-corrected chi connectivity index (χ3v) is 5.37. The average Bonchev–Trinajstić information content (AvgIpc) is 2.83. The van der Waals surface area contributed by atoms with Crippen LogP contribution in [0.3, 0.4) is 0 Å². The summed E-state index contributed by atoms with van der Waals surface area (Å²) >= 11 is 2.26. The fourth-order valence-corrected chi connectivity index (χ4v) is 3.45. The Morgan fingerprint density at radius 1 is 0.971 bits per heavy atom. The van der Waals surface area contributed by atoms with E-state index in [0.717, 1.165) is 9.13 Å². The number of hydrogen-bond donors (Lipinski definition) is 1. The highest BCUT2D eigenvalue weighted by atomic mass is 127. The van der Waals surface area contributed by atoms with Gasteiger partial charge in [0.25, 0.3) is 5.91 Å². The van der Waals surface area contributed by atoms with E-state index in [9.17, 15) is 10.1 Å². The van der Waals surface area contributed by atoms with Gasteiger partial charge in [-0.1, -0.05) is 24.3 Å². The number of carbonyl (C=O) groups is 1. The second-order valence-electron chi connectivity index (χ2n) is 7.14. The van der Waals surface area contributed by atoms with Gasteiger partial charge in [0.15, 0.2) is 11.5 Å². The molecule has 0 saturated carbocycles. The quantitative estimate of drug-likeness (QED) is 0.179. The number of amides is 1. The van der Waals surface area contributed by atoms with Crippen molar-refractivity contribution in [2.45, 2.75) is 20.5 Å². The van der Waals surface area contributed by atoms with Gasteiger partial charge in [-0.25, -0.2) is 0 Å². The Morgan fingerprint density at radius 3 is 2.44 bits per heavy atom. The number of anilines is 1. The molecule has 0 radical (unpaired) electrons. The summed E-state index contributed by atoms with van der Waals surface area (Å²) < 4.78 is 18.3. The Hall–Kier alpha value is -3.51. The molecule has 3 aromatic rings. The van der Waals surface area contributed by atoms with Crippen molar-refractivity contribution < 1.29 is 19.0 Å². The maximum atomic E-state index is 12.7. The van der Waals surface area contributed by atoms with Gasteiger partial charge in [0.2, 0.25) is 0 Å². The summed E-state index contributed by atoms with van der Waals surface area (Å²) in [5.74, 6) is 1.27. The number of halogens is 1. The van der Waals surface area contributed by atoms with Crippen LogP contribution in [0.25, 0.3) is 6.08 Å². The zero-order valence-electron chi connectivity index (χ0n) is 19.0. The first-order chi connectivity index (χ1) is 16.5. The third kappa shape index (κ3) is 7.25. The number of benzene rings is 3. The molecule has 1 amide bonds. The molecular formula is C27H25IN2O4. The number of rotatable bonds is 10. The van der Waals surface area contributed by atoms with E-state index >= 15 is 0 Å². The molecular weight excluding hydrogens is 543 g/mol. The molecule has 7 heteroatoms. The van der Waals surface area contributed by atoms with Crippen molar-refractivity contribution in [3.8, 4) is 23.3 Å². The second kappa shape index (κ2) is 12.7. The summed E-state index contributed by atoms with van der Waals surface area (Å²) in [6.45, 7) is 5.15. The first-order valence-electron chi connectivity index (χ1n) is 10.8. The lowest BCUT2D eigenvalue weighted by atomic mass is 10.1. The van der Waals surface area contributed by atoms with Crippen molar-refractivity contribution in [3.05, 3.63) is 87.0 Å². The maximum Gasteiger partial charge on any atom is 0.266 e. The van der Waals surface area contributed by atoms with Gasteiger partial charge in [-0.3, -0.25) is 4.79 Å². The van der Waals surface area contributed by atoms with Crippen LogP contribution in [0.2, 0.25) is 0 Å². The second-order valence-corrected chi connectivity index (χ2v) is 8.38. The van der Waals surface area contributed by atoms with Gasteiger partial charge in [0.1, 0.15) is 24.0 Å². The lowest BCUT2D eigenvalue weighted by Crippen LogP contribution is -2.13. The van der Waals surface area contributed by atoms with Crippen molar-refractivity contribution in [2.24, 2.45) is 0 Å². The normalized spacial score (nSPS) is 10.8. The molecule has 0 aliphatic heterocycles. The zero-order valence-corrected chi connectivity index (χ0v) is 21.2. The lowest BCUT2D eigenvalue weighted by molar-refractivity contribution is -0.112. The van der Waals surface area contributed by atoms with Gasteiger partial charge in [-0.2, -0.15) is 5.26 Å². The van der Waals surface area contributed by atoms with E-state index < -0.39 is 5.91 Å². The first kappa shape index (κ1) is 25.1. The predicted molar refractivity (Wildman–Crippen MR) is 141 cm³/mol. The molecule has 34 heavy (non-hydrogen) atoms. The van der Waals surface area contributed by atoms with Crippen LogP contribution in [0.15, 0.2) is 72.3 Å². The Kier molecular flexibility index (Phi) is 9.35. The van der Waals surface area contributed by atoms with Crippen LogP contribution in [0.1, 0.15) is 25.0 Å². The topological polar surface area (TPSA) is 80.6 Å². The van der Waals surface area contributed by atoms with Crippen LogP contribution in [-0.4, -0.2) is 19.1 Å². The van der Waals surface area contributed by atoms with Crippen molar-refractivity contribution in [2.75, 3.05) is 18.5 Å². The van der Waals surface area contributed by atoms with Crippen LogP contribution in [-0.2, 0) is 11.4 Å². The van der Waals surface area contributed by atoms with Gasteiger partial charge in [0.05, 0.1) is 13.2 Å². The predicted octanol–water partition coefficient (Wildman–Crippen LogP) is 6.21. The number of hydrogen-bond acceptors (Lipinski definition) is 5. The number of nitriles is 1. The average molecular weight is 568 g/mol. The highest BCUT2D eigenvalue weighted by Crippen LogP contribution is 2.30. The maximum absolute atomic E-state index is 12.7. The summed E-state index contributed by atoms with van der Waals surface area (Å²) in [6.07, 6.45) is 1.52. The molecule has 3 aromatic carbocycles. The molecule has 0 bridgehead atoms. The summed E-state index contributed by atoms with van der Waals surface area (Å²) in [5, 5.41) is 12.3. The number of ether oxygens (including phenoxy) is 3. The Bertz CT molecular complexity index is 1200. The minimum absolute atomic E-state index is 0.0307. The molecule has 0 saturated heterocycles. The van der Waals surface area contributed by atoms with Gasteiger partial charge in [0, 0.05) is 15.3 Å². The largest absolute Gasteiger partial charge is 0.494 e.